The van der Waals surface area contributed by atoms with Gasteiger partial charge >= 0.3 is 0 Å². The van der Waals surface area contributed by atoms with Crippen molar-refractivity contribution in [3.8, 4) is 5.75 Å². The largest absolute Gasteiger partial charge is 0.496 e. The van der Waals surface area contributed by atoms with Crippen LogP contribution in [0.2, 0.25) is 0 Å². The van der Waals surface area contributed by atoms with Crippen molar-refractivity contribution in [3.05, 3.63) is 29.3 Å². The molecule has 1 saturated carbocycles. The van der Waals surface area contributed by atoms with E-state index in [0.29, 0.717) is 0 Å². The number of likely N-dealkylation sites (N-methyl/N-ethyl adjacent to an activating group) is 1. The quantitative estimate of drug-likeness (QED) is 0.500. The van der Waals surface area contributed by atoms with Crippen LogP contribution >= 0.6 is 0 Å². The number of hydrazine groups is 1. The summed E-state index contributed by atoms with van der Waals surface area (Å²) in [6.45, 7) is 2.08. The van der Waals surface area contributed by atoms with E-state index in [1.54, 1.807) is 14.2 Å². The molecule has 0 unspecified atom stereocenters. The molecule has 0 bridgehead atoms. The number of benzene rings is 1. The maximum absolute atomic E-state index is 12.2. The first-order valence-corrected chi connectivity index (χ1v) is 6.25. The lowest BCUT2D eigenvalue weighted by molar-refractivity contribution is -0.132. The van der Waals surface area contributed by atoms with Gasteiger partial charge in [-0.1, -0.05) is 19.1 Å². The van der Waals surface area contributed by atoms with E-state index in [2.05, 4.69) is 13.0 Å². The fourth-order valence-electron chi connectivity index (χ4n) is 2.44. The topological polar surface area (TPSA) is 55.6 Å². The Morgan fingerprint density at radius 2 is 2.17 bits per heavy atom. The Hall–Kier alpha value is -1.55. The van der Waals surface area contributed by atoms with Gasteiger partial charge in [-0.05, 0) is 36.5 Å². The van der Waals surface area contributed by atoms with Gasteiger partial charge in [-0.2, -0.15) is 0 Å². The van der Waals surface area contributed by atoms with Crippen molar-refractivity contribution in [3.63, 3.8) is 0 Å². The second-order valence-electron chi connectivity index (χ2n) is 4.88. The molecule has 4 nitrogen and oxygen atoms in total. The van der Waals surface area contributed by atoms with Gasteiger partial charge in [0, 0.05) is 7.05 Å². The zero-order chi connectivity index (χ0) is 13.3. The number of nitrogens with zero attached hydrogens (tertiary/aromatic N) is 1. The van der Waals surface area contributed by atoms with E-state index < -0.39 is 0 Å². The normalized spacial score (nSPS) is 16.2. The minimum Gasteiger partial charge on any atom is -0.496 e. The Kier molecular flexibility index (Phi) is 3.30. The Labute approximate surface area is 108 Å². The number of hydrogen-bond donors (Lipinski definition) is 1. The van der Waals surface area contributed by atoms with Gasteiger partial charge in [0.15, 0.2) is 0 Å². The lowest BCUT2D eigenvalue weighted by Gasteiger charge is -2.20. The number of ether oxygens (including phenoxy) is 1. The van der Waals surface area contributed by atoms with Crippen LogP contribution in [0.15, 0.2) is 18.2 Å². The smallest absolute Gasteiger partial charge is 0.246 e. The van der Waals surface area contributed by atoms with Crippen LogP contribution < -0.4 is 10.6 Å². The van der Waals surface area contributed by atoms with Crippen molar-refractivity contribution < 1.29 is 9.53 Å². The number of methoxy groups -OCH3 is 1. The fraction of sp³-hybridized carbons (Fsp3) is 0.500. The van der Waals surface area contributed by atoms with Crippen LogP contribution in [0.3, 0.4) is 0 Å². The van der Waals surface area contributed by atoms with Crippen LogP contribution in [0.25, 0.3) is 0 Å². The second kappa shape index (κ2) is 4.61. The first-order chi connectivity index (χ1) is 8.55. The van der Waals surface area contributed by atoms with Crippen molar-refractivity contribution in [2.24, 2.45) is 5.84 Å². The van der Waals surface area contributed by atoms with Crippen molar-refractivity contribution >= 4 is 5.91 Å². The molecule has 2 rings (SSSR count). The molecule has 1 aromatic rings. The van der Waals surface area contributed by atoms with Gasteiger partial charge in [-0.25, -0.2) is 5.84 Å². The molecule has 0 aliphatic heterocycles. The molecule has 1 aliphatic rings. The molecule has 1 aromatic carbocycles. The summed E-state index contributed by atoms with van der Waals surface area (Å²) >= 11 is 0. The van der Waals surface area contributed by atoms with Gasteiger partial charge in [0.05, 0.1) is 12.5 Å². The zero-order valence-corrected chi connectivity index (χ0v) is 11.2. The summed E-state index contributed by atoms with van der Waals surface area (Å²) in [5, 5.41) is 1.20. The Balaban J connectivity index is 2.37. The highest BCUT2D eigenvalue weighted by Gasteiger charge is 2.52. The van der Waals surface area contributed by atoms with E-state index in [4.69, 9.17) is 10.6 Å². The van der Waals surface area contributed by atoms with E-state index in [9.17, 15) is 4.79 Å². The number of rotatable bonds is 4. The number of hydrogen-bond acceptors (Lipinski definition) is 3. The van der Waals surface area contributed by atoms with E-state index >= 15 is 0 Å². The summed E-state index contributed by atoms with van der Waals surface area (Å²) in [4.78, 5) is 12.2. The molecule has 1 fully saturated rings. The molecule has 18 heavy (non-hydrogen) atoms. The monoisotopic (exact) mass is 248 g/mol. The predicted octanol–water partition coefficient (Wildman–Crippen LogP) is 1.62. The van der Waals surface area contributed by atoms with Gasteiger partial charge in [0.25, 0.3) is 0 Å². The summed E-state index contributed by atoms with van der Waals surface area (Å²) in [6, 6.07) is 6.00. The summed E-state index contributed by atoms with van der Waals surface area (Å²) in [7, 11) is 3.27. The predicted molar refractivity (Wildman–Crippen MR) is 70.2 cm³/mol. The van der Waals surface area contributed by atoms with E-state index in [1.807, 2.05) is 12.1 Å². The van der Waals surface area contributed by atoms with Crippen molar-refractivity contribution in [1.82, 2.24) is 5.01 Å². The van der Waals surface area contributed by atoms with Gasteiger partial charge < -0.3 is 4.74 Å². The van der Waals surface area contributed by atoms with Gasteiger partial charge in [-0.15, -0.1) is 0 Å². The third kappa shape index (κ3) is 1.97. The molecule has 0 saturated heterocycles. The zero-order valence-electron chi connectivity index (χ0n) is 11.2. The van der Waals surface area contributed by atoms with Crippen LogP contribution in [0.1, 0.15) is 30.9 Å². The molecule has 0 radical (unpaired) electrons. The average Bonchev–Trinajstić information content (AvgIpc) is 3.18. The maximum Gasteiger partial charge on any atom is 0.246 e. The van der Waals surface area contributed by atoms with Crippen LogP contribution in [-0.4, -0.2) is 25.1 Å². The van der Waals surface area contributed by atoms with Crippen molar-refractivity contribution in [2.75, 3.05) is 14.2 Å². The molecule has 98 valence electrons. The molecule has 2 N–H and O–H groups in total. The minimum atomic E-state index is -0.389. The third-order valence-electron chi connectivity index (χ3n) is 3.69. The Morgan fingerprint density at radius 1 is 1.50 bits per heavy atom. The van der Waals surface area contributed by atoms with Crippen molar-refractivity contribution in [2.45, 2.75) is 31.6 Å². The maximum atomic E-state index is 12.2. The molecule has 1 amide bonds. The number of aryl methyl sites for hydroxylation is 1. The van der Waals surface area contributed by atoms with Gasteiger partial charge in [-0.3, -0.25) is 9.80 Å². The molecule has 0 spiro atoms. The first-order valence-electron chi connectivity index (χ1n) is 6.25. The number of carbonyl (C=O) groups is 1. The number of amides is 1. The highest BCUT2D eigenvalue weighted by atomic mass is 16.5. The lowest BCUT2D eigenvalue weighted by atomic mass is 9.92. The van der Waals surface area contributed by atoms with Crippen LogP contribution in [-0.2, 0) is 16.6 Å². The van der Waals surface area contributed by atoms with Crippen LogP contribution in [0.5, 0.6) is 5.75 Å². The SMILES string of the molecule is CCc1cc(C2(C(=O)N(C)N)CC2)ccc1OC. The van der Waals surface area contributed by atoms with Gasteiger partial charge in [0.2, 0.25) is 5.91 Å². The average molecular weight is 248 g/mol. The molecule has 4 heteroatoms. The third-order valence-corrected chi connectivity index (χ3v) is 3.69. The highest BCUT2D eigenvalue weighted by molar-refractivity contribution is 5.90. The standard InChI is InChI=1S/C14H20N2O2/c1-4-10-9-11(5-6-12(10)18-3)14(7-8-14)13(17)16(2)15/h5-6,9H,4,7-8,15H2,1-3H3. The second-order valence-corrected chi connectivity index (χ2v) is 4.88. The summed E-state index contributed by atoms with van der Waals surface area (Å²) in [5.74, 6) is 6.46. The Morgan fingerprint density at radius 3 is 2.61 bits per heavy atom. The lowest BCUT2D eigenvalue weighted by Crippen LogP contribution is -2.41. The van der Waals surface area contributed by atoms with Crippen molar-refractivity contribution in [1.29, 1.82) is 0 Å². The molecule has 1 aliphatic carbocycles. The van der Waals surface area contributed by atoms with Crippen LogP contribution in [0, 0.1) is 0 Å². The molecule has 0 atom stereocenters. The van der Waals surface area contributed by atoms with E-state index in [-0.39, 0.29) is 11.3 Å². The van der Waals surface area contributed by atoms with Crippen LogP contribution in [0.4, 0.5) is 0 Å². The molecular weight excluding hydrogens is 228 g/mol. The summed E-state index contributed by atoms with van der Waals surface area (Å²) in [6.07, 6.45) is 2.64. The highest BCUT2D eigenvalue weighted by Crippen LogP contribution is 2.49. The number of nitrogens with two attached hydrogens (primary N) is 1. The summed E-state index contributed by atoms with van der Waals surface area (Å²) in [5.41, 5.74) is 1.80. The minimum absolute atomic E-state index is 0.00489. The molecular formula is C14H20N2O2. The summed E-state index contributed by atoms with van der Waals surface area (Å²) < 4.78 is 5.31. The first kappa shape index (κ1) is 12.9. The van der Waals surface area contributed by atoms with E-state index in [0.717, 1.165) is 36.1 Å². The molecule has 0 heterocycles. The van der Waals surface area contributed by atoms with E-state index in [1.165, 1.54) is 5.01 Å². The number of carbonyl (C=O) groups excluding carboxylic acids is 1. The Bertz CT molecular complexity index is 465. The fourth-order valence-corrected chi connectivity index (χ4v) is 2.44. The van der Waals surface area contributed by atoms with Gasteiger partial charge in [0.1, 0.15) is 5.75 Å². The molecule has 0 aromatic heterocycles.